The molecule has 3 heteroatoms. The summed E-state index contributed by atoms with van der Waals surface area (Å²) in [6, 6.07) is 9.54. The van der Waals surface area contributed by atoms with E-state index in [0.29, 0.717) is 0 Å². The lowest BCUT2D eigenvalue weighted by Gasteiger charge is -2.21. The lowest BCUT2D eigenvalue weighted by atomic mass is 9.87. The predicted molar refractivity (Wildman–Crippen MR) is 75.1 cm³/mol. The van der Waals surface area contributed by atoms with E-state index in [-0.39, 0.29) is 24.2 Å². The van der Waals surface area contributed by atoms with Crippen molar-refractivity contribution < 1.29 is 9.59 Å². The lowest BCUT2D eigenvalue weighted by Crippen LogP contribution is -2.39. The van der Waals surface area contributed by atoms with Crippen molar-refractivity contribution >= 4 is 12.1 Å². The highest BCUT2D eigenvalue weighted by Gasteiger charge is 2.28. The monoisotopic (exact) mass is 259 g/mol. The van der Waals surface area contributed by atoms with E-state index in [1.54, 1.807) is 0 Å². The number of aldehydes is 1. The summed E-state index contributed by atoms with van der Waals surface area (Å²) in [4.78, 5) is 23.5. The smallest absolute Gasteiger partial charge is 0.157 e. The molecule has 1 aromatic rings. The highest BCUT2D eigenvalue weighted by molar-refractivity contribution is 5.92. The van der Waals surface area contributed by atoms with Crippen molar-refractivity contribution in [3.8, 4) is 0 Å². The van der Waals surface area contributed by atoms with Gasteiger partial charge in [0.05, 0.1) is 12.0 Å². The summed E-state index contributed by atoms with van der Waals surface area (Å²) >= 11 is 0. The molecule has 19 heavy (non-hydrogen) atoms. The van der Waals surface area contributed by atoms with Gasteiger partial charge in [-0.25, -0.2) is 0 Å². The summed E-state index contributed by atoms with van der Waals surface area (Å²) in [7, 11) is 0. The molecule has 0 saturated carbocycles. The Kier molecular flexibility index (Phi) is 5.28. The van der Waals surface area contributed by atoms with Crippen LogP contribution in [0.2, 0.25) is 0 Å². The maximum absolute atomic E-state index is 12.6. The molecule has 0 aliphatic carbocycles. The third kappa shape index (κ3) is 3.74. The van der Waals surface area contributed by atoms with E-state index in [0.717, 1.165) is 37.7 Å². The SMILES string of the molecule is O=CCC(C(=O)C1CCCCCN1)c1ccccc1. The minimum absolute atomic E-state index is 0.0901. The summed E-state index contributed by atoms with van der Waals surface area (Å²) in [5.41, 5.74) is 0.950. The summed E-state index contributed by atoms with van der Waals surface area (Å²) in [5.74, 6) is -0.130. The van der Waals surface area contributed by atoms with Gasteiger partial charge in [0.15, 0.2) is 5.78 Å². The Morgan fingerprint density at radius 3 is 2.79 bits per heavy atom. The van der Waals surface area contributed by atoms with Gasteiger partial charge >= 0.3 is 0 Å². The fourth-order valence-electron chi connectivity index (χ4n) is 2.71. The van der Waals surface area contributed by atoms with E-state index in [1.807, 2.05) is 30.3 Å². The zero-order valence-electron chi connectivity index (χ0n) is 11.2. The minimum Gasteiger partial charge on any atom is -0.307 e. The topological polar surface area (TPSA) is 46.2 Å². The first-order valence-electron chi connectivity index (χ1n) is 7.08. The number of hydrogen-bond donors (Lipinski definition) is 1. The number of rotatable bonds is 5. The Morgan fingerprint density at radius 1 is 1.26 bits per heavy atom. The zero-order chi connectivity index (χ0) is 13.5. The van der Waals surface area contributed by atoms with Gasteiger partial charge < -0.3 is 10.1 Å². The quantitative estimate of drug-likeness (QED) is 0.826. The second-order valence-electron chi connectivity index (χ2n) is 5.12. The van der Waals surface area contributed by atoms with Gasteiger partial charge in [0, 0.05) is 6.42 Å². The zero-order valence-corrected chi connectivity index (χ0v) is 11.2. The maximum atomic E-state index is 12.6. The van der Waals surface area contributed by atoms with E-state index >= 15 is 0 Å². The van der Waals surface area contributed by atoms with Crippen LogP contribution in [0, 0.1) is 0 Å². The van der Waals surface area contributed by atoms with E-state index < -0.39 is 0 Å². The molecule has 2 atom stereocenters. The number of ketones is 1. The van der Waals surface area contributed by atoms with Gasteiger partial charge in [-0.2, -0.15) is 0 Å². The molecule has 3 nitrogen and oxygen atoms in total. The third-order valence-electron chi connectivity index (χ3n) is 3.78. The highest BCUT2D eigenvalue weighted by Crippen LogP contribution is 2.23. The van der Waals surface area contributed by atoms with Crippen LogP contribution in [0.4, 0.5) is 0 Å². The molecule has 2 unspecified atom stereocenters. The number of nitrogens with one attached hydrogen (secondary N) is 1. The first-order chi connectivity index (χ1) is 9.33. The molecule has 1 saturated heterocycles. The highest BCUT2D eigenvalue weighted by atomic mass is 16.1. The van der Waals surface area contributed by atoms with Gasteiger partial charge in [-0.1, -0.05) is 43.2 Å². The Balaban J connectivity index is 2.13. The van der Waals surface area contributed by atoms with Crippen molar-refractivity contribution in [2.75, 3.05) is 6.54 Å². The molecule has 1 N–H and O–H groups in total. The summed E-state index contributed by atoms with van der Waals surface area (Å²) in [6.07, 6.45) is 5.42. The van der Waals surface area contributed by atoms with Crippen molar-refractivity contribution in [1.82, 2.24) is 5.32 Å². The molecule has 1 fully saturated rings. The lowest BCUT2D eigenvalue weighted by molar-refractivity contribution is -0.124. The Morgan fingerprint density at radius 2 is 2.05 bits per heavy atom. The fraction of sp³-hybridized carbons (Fsp3) is 0.500. The molecule has 1 aliphatic rings. The first-order valence-corrected chi connectivity index (χ1v) is 7.08. The molecule has 0 radical (unpaired) electrons. The molecular weight excluding hydrogens is 238 g/mol. The first kappa shape index (κ1) is 13.9. The van der Waals surface area contributed by atoms with Crippen LogP contribution in [0.1, 0.15) is 43.6 Å². The summed E-state index contributed by atoms with van der Waals surface area (Å²) < 4.78 is 0. The molecule has 102 valence electrons. The van der Waals surface area contributed by atoms with Gasteiger partial charge in [0.25, 0.3) is 0 Å². The standard InChI is InChI=1S/C16H21NO2/c18-12-10-14(13-7-3-1-4-8-13)16(19)15-9-5-2-6-11-17-15/h1,3-4,7-8,12,14-15,17H,2,5-6,9-11H2. The normalized spacial score (nSPS) is 21.4. The molecule has 0 bridgehead atoms. The number of carbonyl (C=O) groups is 2. The second-order valence-corrected chi connectivity index (χ2v) is 5.12. The largest absolute Gasteiger partial charge is 0.307 e. The van der Waals surface area contributed by atoms with Crippen LogP contribution in [0.15, 0.2) is 30.3 Å². The number of benzene rings is 1. The molecule has 0 spiro atoms. The van der Waals surface area contributed by atoms with Gasteiger partial charge in [0.1, 0.15) is 6.29 Å². The van der Waals surface area contributed by atoms with E-state index in [9.17, 15) is 9.59 Å². The summed E-state index contributed by atoms with van der Waals surface area (Å²) in [5, 5.41) is 3.32. The van der Waals surface area contributed by atoms with Crippen LogP contribution in [0.3, 0.4) is 0 Å². The molecule has 1 heterocycles. The van der Waals surface area contributed by atoms with Gasteiger partial charge in [-0.05, 0) is 24.9 Å². The maximum Gasteiger partial charge on any atom is 0.157 e. The van der Waals surface area contributed by atoms with Crippen LogP contribution in [0.5, 0.6) is 0 Å². The number of hydrogen-bond acceptors (Lipinski definition) is 3. The van der Waals surface area contributed by atoms with Crippen molar-refractivity contribution in [3.05, 3.63) is 35.9 Å². The van der Waals surface area contributed by atoms with Crippen molar-refractivity contribution in [2.24, 2.45) is 0 Å². The van der Waals surface area contributed by atoms with E-state index in [2.05, 4.69) is 5.32 Å². The Hall–Kier alpha value is -1.48. The van der Waals surface area contributed by atoms with Crippen molar-refractivity contribution in [2.45, 2.75) is 44.1 Å². The molecule has 1 aromatic carbocycles. The van der Waals surface area contributed by atoms with Crippen LogP contribution < -0.4 is 5.32 Å². The summed E-state index contributed by atoms with van der Waals surface area (Å²) in [6.45, 7) is 0.902. The van der Waals surface area contributed by atoms with Crippen molar-refractivity contribution in [1.29, 1.82) is 0 Å². The predicted octanol–water partition coefficient (Wildman–Crippen LogP) is 2.46. The average Bonchev–Trinajstić information content (AvgIpc) is 2.74. The molecular formula is C16H21NO2. The van der Waals surface area contributed by atoms with Gasteiger partial charge in [-0.3, -0.25) is 4.79 Å². The van der Waals surface area contributed by atoms with Crippen LogP contribution >= 0.6 is 0 Å². The van der Waals surface area contributed by atoms with Crippen molar-refractivity contribution in [3.63, 3.8) is 0 Å². The third-order valence-corrected chi connectivity index (χ3v) is 3.78. The molecule has 2 rings (SSSR count). The van der Waals surface area contributed by atoms with Crippen LogP contribution in [-0.2, 0) is 9.59 Å². The van der Waals surface area contributed by atoms with Crippen LogP contribution in [-0.4, -0.2) is 24.7 Å². The van der Waals surface area contributed by atoms with Gasteiger partial charge in [0.2, 0.25) is 0 Å². The van der Waals surface area contributed by atoms with Gasteiger partial charge in [-0.15, -0.1) is 0 Å². The second kappa shape index (κ2) is 7.19. The fourth-order valence-corrected chi connectivity index (χ4v) is 2.71. The molecule has 1 aliphatic heterocycles. The Labute approximate surface area is 114 Å². The molecule has 0 amide bonds. The Bertz CT molecular complexity index is 408. The van der Waals surface area contributed by atoms with E-state index in [4.69, 9.17) is 0 Å². The number of Topliss-reactive ketones (excluding diaryl/α,β-unsaturated/α-hetero) is 1. The molecule has 0 aromatic heterocycles. The van der Waals surface area contributed by atoms with Crippen LogP contribution in [0.25, 0.3) is 0 Å². The van der Waals surface area contributed by atoms with E-state index in [1.165, 1.54) is 6.42 Å². The minimum atomic E-state index is -0.297. The number of carbonyl (C=O) groups excluding carboxylic acids is 2. The average molecular weight is 259 g/mol.